The van der Waals surface area contributed by atoms with E-state index in [2.05, 4.69) is 27.6 Å². The molecule has 3 atom stereocenters. The number of piperidine rings is 1. The van der Waals surface area contributed by atoms with Crippen molar-refractivity contribution in [2.45, 2.75) is 57.4 Å². The van der Waals surface area contributed by atoms with Gasteiger partial charge in [0, 0.05) is 12.8 Å². The first kappa shape index (κ1) is 19.0. The van der Waals surface area contributed by atoms with Crippen LogP contribution >= 0.6 is 34.2 Å². The summed E-state index contributed by atoms with van der Waals surface area (Å²) in [5.74, 6) is 0.722. The van der Waals surface area contributed by atoms with Gasteiger partial charge in [0.05, 0.1) is 35.1 Å². The topological polar surface area (TPSA) is 60.9 Å². The van der Waals surface area contributed by atoms with Gasteiger partial charge in [-0.25, -0.2) is 9.78 Å². The van der Waals surface area contributed by atoms with Gasteiger partial charge in [-0.05, 0) is 49.4 Å². The highest BCUT2D eigenvalue weighted by Gasteiger charge is 2.44. The molecule has 25 heavy (non-hydrogen) atoms. The Bertz CT molecular complexity index is 638. The molecule has 6 nitrogen and oxygen atoms in total. The minimum Gasteiger partial charge on any atom is -0.488 e. The van der Waals surface area contributed by atoms with Gasteiger partial charge in [-0.1, -0.05) is 11.6 Å². The van der Waals surface area contributed by atoms with Crippen molar-refractivity contribution in [3.8, 4) is 5.75 Å². The molecular weight excluding hydrogens is 459 g/mol. The van der Waals surface area contributed by atoms with E-state index in [0.717, 1.165) is 9.32 Å². The van der Waals surface area contributed by atoms with Crippen LogP contribution in [0.5, 0.6) is 5.75 Å². The van der Waals surface area contributed by atoms with Gasteiger partial charge in [-0.2, -0.15) is 0 Å². The minimum atomic E-state index is -0.509. The van der Waals surface area contributed by atoms with Crippen LogP contribution in [0.4, 0.5) is 4.79 Å². The van der Waals surface area contributed by atoms with Crippen molar-refractivity contribution >= 4 is 40.3 Å². The van der Waals surface area contributed by atoms with E-state index in [1.165, 1.54) is 0 Å². The van der Waals surface area contributed by atoms with E-state index >= 15 is 0 Å². The molecule has 2 bridgehead atoms. The molecule has 1 aromatic rings. The number of ether oxygens (including phenoxy) is 3. The molecule has 2 saturated heterocycles. The van der Waals surface area contributed by atoms with E-state index < -0.39 is 5.60 Å². The average Bonchev–Trinajstić information content (AvgIpc) is 2.47. The first-order chi connectivity index (χ1) is 11.7. The predicted molar refractivity (Wildman–Crippen MR) is 102 cm³/mol. The van der Waals surface area contributed by atoms with Gasteiger partial charge in [0.15, 0.2) is 5.75 Å². The molecular formula is C17H22ClIN2O4. The Kier molecular flexibility index (Phi) is 5.65. The van der Waals surface area contributed by atoms with Crippen LogP contribution in [-0.4, -0.2) is 53.0 Å². The highest BCUT2D eigenvalue weighted by molar-refractivity contribution is 14.1. The summed E-state index contributed by atoms with van der Waals surface area (Å²) >= 11 is 8.08. The molecule has 0 radical (unpaired) electrons. The maximum atomic E-state index is 12.6. The Balaban J connectivity index is 1.69. The second-order valence-corrected chi connectivity index (χ2v) is 8.93. The third kappa shape index (κ3) is 4.68. The maximum absolute atomic E-state index is 12.6. The Morgan fingerprint density at radius 3 is 2.56 bits per heavy atom. The number of amides is 1. The minimum absolute atomic E-state index is 0.00841. The normalized spacial score (nSPS) is 26.3. The fourth-order valence-corrected chi connectivity index (χ4v) is 4.14. The average molecular weight is 481 g/mol. The third-order valence-corrected chi connectivity index (χ3v) is 5.21. The van der Waals surface area contributed by atoms with E-state index in [1.54, 1.807) is 12.3 Å². The zero-order valence-corrected chi connectivity index (χ0v) is 17.4. The summed E-state index contributed by atoms with van der Waals surface area (Å²) in [6.07, 6.45) is 2.79. The number of morpholine rings is 1. The Morgan fingerprint density at radius 1 is 1.36 bits per heavy atom. The number of halogens is 2. The van der Waals surface area contributed by atoms with Crippen LogP contribution in [0.2, 0.25) is 5.15 Å². The number of rotatable bonds is 2. The zero-order valence-electron chi connectivity index (χ0n) is 14.5. The summed E-state index contributed by atoms with van der Waals surface area (Å²) in [5, 5.41) is 0.446. The molecule has 1 aromatic heterocycles. The van der Waals surface area contributed by atoms with Gasteiger partial charge < -0.3 is 14.2 Å². The molecule has 1 unspecified atom stereocenters. The summed E-state index contributed by atoms with van der Waals surface area (Å²) in [7, 11) is 0. The van der Waals surface area contributed by atoms with Gasteiger partial charge in [0.1, 0.15) is 16.9 Å². The highest BCUT2D eigenvalue weighted by atomic mass is 127. The number of carbonyl (C=O) groups excluding carboxylic acids is 1. The van der Waals surface area contributed by atoms with E-state index in [-0.39, 0.29) is 24.3 Å². The summed E-state index contributed by atoms with van der Waals surface area (Å²) < 4.78 is 18.3. The number of aromatic nitrogens is 1. The fraction of sp³-hybridized carbons (Fsp3) is 0.647. The fourth-order valence-electron chi connectivity index (χ4n) is 3.24. The van der Waals surface area contributed by atoms with Crippen LogP contribution < -0.4 is 4.74 Å². The van der Waals surface area contributed by atoms with E-state index in [9.17, 15) is 4.79 Å². The van der Waals surface area contributed by atoms with Crippen LogP contribution in [0.3, 0.4) is 0 Å². The largest absolute Gasteiger partial charge is 0.488 e. The smallest absolute Gasteiger partial charge is 0.410 e. The molecule has 2 aliphatic rings. The zero-order chi connectivity index (χ0) is 18.2. The second kappa shape index (κ2) is 7.44. The number of fused-ring (bicyclic) bond motifs is 2. The van der Waals surface area contributed by atoms with Gasteiger partial charge in [-0.3, -0.25) is 4.90 Å². The molecule has 0 aromatic carbocycles. The van der Waals surface area contributed by atoms with E-state index in [1.807, 2.05) is 25.7 Å². The first-order valence-electron chi connectivity index (χ1n) is 8.29. The Morgan fingerprint density at radius 2 is 2.00 bits per heavy atom. The van der Waals surface area contributed by atoms with Gasteiger partial charge in [-0.15, -0.1) is 0 Å². The lowest BCUT2D eigenvalue weighted by Crippen LogP contribution is -2.61. The summed E-state index contributed by atoms with van der Waals surface area (Å²) in [5.41, 5.74) is -0.509. The molecule has 138 valence electrons. The molecule has 2 fully saturated rings. The van der Waals surface area contributed by atoms with Crippen molar-refractivity contribution in [3.63, 3.8) is 0 Å². The molecule has 8 heteroatoms. The number of hydrogen-bond acceptors (Lipinski definition) is 5. The summed E-state index contributed by atoms with van der Waals surface area (Å²) in [6.45, 7) is 6.64. The Hall–Kier alpha value is -0.800. The molecule has 3 heterocycles. The summed E-state index contributed by atoms with van der Waals surface area (Å²) in [4.78, 5) is 18.5. The third-order valence-electron chi connectivity index (χ3n) is 4.16. The molecule has 0 aliphatic carbocycles. The van der Waals surface area contributed by atoms with Crippen molar-refractivity contribution in [1.29, 1.82) is 0 Å². The molecule has 2 aliphatic heterocycles. The first-order valence-corrected chi connectivity index (χ1v) is 9.75. The van der Waals surface area contributed by atoms with Crippen LogP contribution in [0, 0.1) is 3.57 Å². The molecule has 3 rings (SSSR count). The monoisotopic (exact) mass is 480 g/mol. The lowest BCUT2D eigenvalue weighted by atomic mass is 9.92. The van der Waals surface area contributed by atoms with Crippen LogP contribution in [-0.2, 0) is 9.47 Å². The van der Waals surface area contributed by atoms with Gasteiger partial charge >= 0.3 is 6.09 Å². The number of pyridine rings is 1. The quantitative estimate of drug-likeness (QED) is 0.475. The Labute approximate surface area is 166 Å². The van der Waals surface area contributed by atoms with E-state index in [4.69, 9.17) is 25.8 Å². The lowest BCUT2D eigenvalue weighted by Gasteiger charge is -2.47. The van der Waals surface area contributed by atoms with Gasteiger partial charge in [0.25, 0.3) is 0 Å². The lowest BCUT2D eigenvalue weighted by molar-refractivity contribution is -0.0995. The summed E-state index contributed by atoms with van der Waals surface area (Å²) in [6, 6.07) is 1.70. The predicted octanol–water partition coefficient (Wildman–Crippen LogP) is 3.89. The standard InChI is InChI=1S/C17H22ClIN2O4/c1-17(2,3)25-16(22)21-10-4-12(5-11(21)9-23-8-10)24-14-7-20-15(18)6-13(14)19/h6-7,10-12H,4-5,8-9H2,1-3H3/t10-,11+,12?. The van der Waals surface area contributed by atoms with Crippen molar-refractivity contribution in [3.05, 3.63) is 21.0 Å². The molecule has 1 amide bonds. The SMILES string of the molecule is CC(C)(C)OC(=O)N1[C@@H]2COC[C@H]1CC(Oc1cnc(Cl)cc1I)C2. The van der Waals surface area contributed by atoms with Crippen molar-refractivity contribution in [2.24, 2.45) is 0 Å². The van der Waals surface area contributed by atoms with Crippen LogP contribution in [0.1, 0.15) is 33.6 Å². The van der Waals surface area contributed by atoms with Crippen molar-refractivity contribution < 1.29 is 19.0 Å². The van der Waals surface area contributed by atoms with Gasteiger partial charge in [0.2, 0.25) is 0 Å². The number of nitrogens with zero attached hydrogens (tertiary/aromatic N) is 2. The van der Waals surface area contributed by atoms with E-state index in [0.29, 0.717) is 31.2 Å². The molecule has 0 saturated carbocycles. The molecule has 0 N–H and O–H groups in total. The second-order valence-electron chi connectivity index (χ2n) is 7.38. The number of carbonyl (C=O) groups is 1. The van der Waals surface area contributed by atoms with Crippen LogP contribution in [0.15, 0.2) is 12.3 Å². The maximum Gasteiger partial charge on any atom is 0.410 e. The highest BCUT2D eigenvalue weighted by Crippen LogP contribution is 2.33. The number of hydrogen-bond donors (Lipinski definition) is 0. The van der Waals surface area contributed by atoms with Crippen LogP contribution in [0.25, 0.3) is 0 Å². The van der Waals surface area contributed by atoms with Crippen molar-refractivity contribution in [2.75, 3.05) is 13.2 Å². The van der Waals surface area contributed by atoms with Crippen molar-refractivity contribution in [1.82, 2.24) is 9.88 Å². The molecule has 0 spiro atoms.